The van der Waals surface area contributed by atoms with Crippen molar-refractivity contribution in [1.82, 2.24) is 10.6 Å². The van der Waals surface area contributed by atoms with E-state index in [1.165, 1.54) is 6.08 Å². The second-order valence-corrected chi connectivity index (χ2v) is 5.05. The van der Waals surface area contributed by atoms with E-state index in [-0.39, 0.29) is 11.0 Å². The van der Waals surface area contributed by atoms with Crippen molar-refractivity contribution in [2.75, 3.05) is 7.11 Å². The van der Waals surface area contributed by atoms with Gasteiger partial charge in [-0.15, -0.1) is 0 Å². The lowest BCUT2D eigenvalue weighted by atomic mass is 10.0. The molecule has 0 bridgehead atoms. The molecule has 1 heterocycles. The third-order valence-corrected chi connectivity index (χ3v) is 3.28. The fourth-order valence-corrected chi connectivity index (χ4v) is 2.36. The highest BCUT2D eigenvalue weighted by Gasteiger charge is 2.32. The normalized spacial score (nSPS) is 23.2. The summed E-state index contributed by atoms with van der Waals surface area (Å²) < 4.78 is 6.44. The maximum absolute atomic E-state index is 11.4. The molecule has 4 nitrogen and oxygen atoms in total. The number of hydrogen-bond acceptors (Lipinski definition) is 3. The van der Waals surface area contributed by atoms with Gasteiger partial charge in [-0.3, -0.25) is 10.1 Å². The molecule has 0 radical (unpaired) electrons. The summed E-state index contributed by atoms with van der Waals surface area (Å²) in [5.74, 6) is -0.276. The average molecular weight is 327 g/mol. The fourth-order valence-electron chi connectivity index (χ4n) is 1.71. The van der Waals surface area contributed by atoms with Gasteiger partial charge in [0.25, 0.3) is 0 Å². The molecular weight excluding hydrogens is 316 g/mol. The third kappa shape index (κ3) is 2.60. The first-order valence-corrected chi connectivity index (χ1v) is 6.39. The van der Waals surface area contributed by atoms with Crippen LogP contribution in [0.5, 0.6) is 0 Å². The zero-order valence-corrected chi connectivity index (χ0v) is 12.0. The average Bonchev–Trinajstić information content (AvgIpc) is 2.48. The molecule has 0 fully saturated rings. The number of carbonyl (C=O) groups is 1. The predicted octanol–water partition coefficient (Wildman–Crippen LogP) is 1.81. The molecule has 0 saturated carbocycles. The van der Waals surface area contributed by atoms with Crippen molar-refractivity contribution in [3.63, 3.8) is 0 Å². The van der Waals surface area contributed by atoms with Crippen molar-refractivity contribution < 1.29 is 9.53 Å². The Hall–Kier alpha value is -1.24. The van der Waals surface area contributed by atoms with Crippen LogP contribution in [0.1, 0.15) is 5.56 Å². The van der Waals surface area contributed by atoms with Crippen LogP contribution in [-0.2, 0) is 15.3 Å². The van der Waals surface area contributed by atoms with Crippen LogP contribution >= 0.6 is 28.1 Å². The van der Waals surface area contributed by atoms with Gasteiger partial charge in [-0.25, -0.2) is 0 Å². The molecule has 0 aliphatic carbocycles. The SMILES string of the molecule is COC1(c2cccc(Br)c2)C=CC(=O)NC(=S)N1. The summed E-state index contributed by atoms with van der Waals surface area (Å²) in [6.07, 6.45) is 3.04. The number of rotatable bonds is 2. The zero-order chi connectivity index (χ0) is 13.2. The minimum absolute atomic E-state index is 0.229. The van der Waals surface area contributed by atoms with Crippen LogP contribution in [0.3, 0.4) is 0 Å². The van der Waals surface area contributed by atoms with Crippen LogP contribution in [0.2, 0.25) is 0 Å². The van der Waals surface area contributed by atoms with E-state index in [0.29, 0.717) is 0 Å². The Morgan fingerprint density at radius 1 is 1.44 bits per heavy atom. The van der Waals surface area contributed by atoms with Crippen molar-refractivity contribution in [3.05, 3.63) is 46.5 Å². The highest BCUT2D eigenvalue weighted by atomic mass is 79.9. The largest absolute Gasteiger partial charge is 0.351 e. The number of carbonyl (C=O) groups excluding carboxylic acids is 1. The van der Waals surface area contributed by atoms with Crippen LogP contribution in [-0.4, -0.2) is 18.1 Å². The molecule has 0 saturated heterocycles. The maximum Gasteiger partial charge on any atom is 0.249 e. The van der Waals surface area contributed by atoms with E-state index in [0.717, 1.165) is 10.0 Å². The van der Waals surface area contributed by atoms with Crippen LogP contribution in [0.25, 0.3) is 0 Å². The van der Waals surface area contributed by atoms with E-state index in [1.807, 2.05) is 24.3 Å². The van der Waals surface area contributed by atoms with Gasteiger partial charge in [-0.1, -0.05) is 28.1 Å². The van der Waals surface area contributed by atoms with Crippen LogP contribution in [0, 0.1) is 0 Å². The summed E-state index contributed by atoms with van der Waals surface area (Å²) in [5, 5.41) is 5.73. The number of halogens is 1. The number of methoxy groups -OCH3 is 1. The second kappa shape index (κ2) is 5.17. The number of benzene rings is 1. The van der Waals surface area contributed by atoms with Gasteiger partial charge in [0.05, 0.1) is 0 Å². The van der Waals surface area contributed by atoms with E-state index < -0.39 is 5.72 Å². The molecule has 1 aromatic rings. The number of ether oxygens (including phenoxy) is 1. The van der Waals surface area contributed by atoms with E-state index in [4.69, 9.17) is 17.0 Å². The molecule has 1 amide bonds. The van der Waals surface area contributed by atoms with Crippen LogP contribution in [0.15, 0.2) is 40.9 Å². The van der Waals surface area contributed by atoms with Crippen molar-refractivity contribution in [2.24, 2.45) is 0 Å². The van der Waals surface area contributed by atoms with E-state index >= 15 is 0 Å². The minimum Gasteiger partial charge on any atom is -0.351 e. The second-order valence-electron chi connectivity index (χ2n) is 3.73. The predicted molar refractivity (Wildman–Crippen MR) is 75.8 cm³/mol. The Balaban J connectivity index is 2.50. The van der Waals surface area contributed by atoms with E-state index in [1.54, 1.807) is 13.2 Å². The van der Waals surface area contributed by atoms with Gasteiger partial charge in [-0.05, 0) is 30.4 Å². The summed E-state index contributed by atoms with van der Waals surface area (Å²) >= 11 is 8.45. The first-order chi connectivity index (χ1) is 8.55. The topological polar surface area (TPSA) is 50.4 Å². The molecule has 1 aromatic carbocycles. The van der Waals surface area contributed by atoms with Gasteiger partial charge in [-0.2, -0.15) is 0 Å². The summed E-state index contributed by atoms with van der Waals surface area (Å²) in [5.41, 5.74) is -0.102. The molecule has 18 heavy (non-hydrogen) atoms. The molecular formula is C12H11BrN2O2S. The molecule has 94 valence electrons. The van der Waals surface area contributed by atoms with Crippen molar-refractivity contribution in [1.29, 1.82) is 0 Å². The Bertz CT molecular complexity index is 533. The van der Waals surface area contributed by atoms with Gasteiger partial charge in [0.15, 0.2) is 10.8 Å². The van der Waals surface area contributed by atoms with Gasteiger partial charge in [0.1, 0.15) is 0 Å². The Morgan fingerprint density at radius 3 is 2.89 bits per heavy atom. The highest BCUT2D eigenvalue weighted by Crippen LogP contribution is 2.27. The van der Waals surface area contributed by atoms with Gasteiger partial charge in [0.2, 0.25) is 5.91 Å². The van der Waals surface area contributed by atoms with Gasteiger partial charge in [0, 0.05) is 23.2 Å². The Labute approximate surface area is 119 Å². The molecule has 0 spiro atoms. The molecule has 0 aromatic heterocycles. The number of nitrogens with one attached hydrogen (secondary N) is 2. The molecule has 1 unspecified atom stereocenters. The summed E-state index contributed by atoms with van der Waals surface area (Å²) in [6, 6.07) is 7.59. The van der Waals surface area contributed by atoms with Crippen LogP contribution in [0.4, 0.5) is 0 Å². The maximum atomic E-state index is 11.4. The fraction of sp³-hybridized carbons (Fsp3) is 0.167. The van der Waals surface area contributed by atoms with Gasteiger partial charge >= 0.3 is 0 Å². The van der Waals surface area contributed by atoms with Gasteiger partial charge < -0.3 is 10.1 Å². The number of hydrogen-bond donors (Lipinski definition) is 2. The minimum atomic E-state index is -0.944. The number of amides is 1. The summed E-state index contributed by atoms with van der Waals surface area (Å²) in [4.78, 5) is 11.4. The lowest BCUT2D eigenvalue weighted by molar-refractivity contribution is -0.115. The first kappa shape index (κ1) is 13.2. The van der Waals surface area contributed by atoms with Crippen molar-refractivity contribution in [2.45, 2.75) is 5.72 Å². The van der Waals surface area contributed by atoms with Crippen molar-refractivity contribution >= 4 is 39.2 Å². The Kier molecular flexibility index (Phi) is 3.79. The third-order valence-electron chi connectivity index (χ3n) is 2.58. The lowest BCUT2D eigenvalue weighted by Crippen LogP contribution is -2.48. The zero-order valence-electron chi connectivity index (χ0n) is 9.57. The van der Waals surface area contributed by atoms with Crippen molar-refractivity contribution in [3.8, 4) is 0 Å². The molecule has 2 rings (SSSR count). The summed E-state index contributed by atoms with van der Waals surface area (Å²) in [6.45, 7) is 0. The first-order valence-electron chi connectivity index (χ1n) is 5.19. The lowest BCUT2D eigenvalue weighted by Gasteiger charge is -2.30. The molecule has 1 aliphatic heterocycles. The molecule has 1 aliphatic rings. The number of thiocarbonyl (C=S) groups is 1. The molecule has 6 heteroatoms. The van der Waals surface area contributed by atoms with E-state index in [2.05, 4.69) is 26.6 Å². The standard InChI is InChI=1S/C12H11BrN2O2S/c1-17-12(8-3-2-4-9(13)7-8)6-5-10(16)14-11(18)15-12/h2-7H,1H3,(H2,14,15,16,18). The molecule has 1 atom stereocenters. The van der Waals surface area contributed by atoms with E-state index in [9.17, 15) is 4.79 Å². The summed E-state index contributed by atoms with van der Waals surface area (Å²) in [7, 11) is 1.55. The smallest absolute Gasteiger partial charge is 0.249 e. The van der Waals surface area contributed by atoms with Crippen LogP contribution < -0.4 is 10.6 Å². The Morgan fingerprint density at radius 2 is 2.22 bits per heavy atom. The monoisotopic (exact) mass is 326 g/mol. The highest BCUT2D eigenvalue weighted by molar-refractivity contribution is 9.10. The quantitative estimate of drug-likeness (QED) is 0.814. The molecule has 2 N–H and O–H groups in total.